The van der Waals surface area contributed by atoms with Gasteiger partial charge in [0.05, 0.1) is 7.11 Å². The number of hydrogen-bond acceptors (Lipinski definition) is 2. The van der Waals surface area contributed by atoms with E-state index in [9.17, 15) is 13.2 Å². The molecular weight excluding hydrogens is 298 g/mol. The molecule has 0 aromatic carbocycles. The van der Waals surface area contributed by atoms with Gasteiger partial charge in [-0.05, 0) is 22.6 Å². The summed E-state index contributed by atoms with van der Waals surface area (Å²) >= 11 is 1.54. The number of aromatic nitrogens is 1. The fraction of sp³-hybridized carbons (Fsp3) is 0.286. The number of rotatable bonds is 2. The van der Waals surface area contributed by atoms with Crippen molar-refractivity contribution in [2.24, 2.45) is 0 Å². The smallest absolute Gasteiger partial charge is 0.284 e. The lowest BCUT2D eigenvalue weighted by molar-refractivity contribution is 0.141. The molecule has 1 rings (SSSR count). The molecule has 1 aromatic heterocycles. The second-order valence-electron chi connectivity index (χ2n) is 2.15. The van der Waals surface area contributed by atoms with Crippen LogP contribution in [-0.4, -0.2) is 12.1 Å². The number of alkyl halides is 2. The zero-order chi connectivity index (χ0) is 10.0. The van der Waals surface area contributed by atoms with E-state index in [4.69, 9.17) is 0 Å². The molecule has 0 unspecified atom stereocenters. The van der Waals surface area contributed by atoms with Crippen molar-refractivity contribution in [3.63, 3.8) is 0 Å². The summed E-state index contributed by atoms with van der Waals surface area (Å²) in [5.41, 5.74) is -0.534. The molecule has 0 atom stereocenters. The number of ether oxygens (including phenoxy) is 1. The minimum Gasteiger partial charge on any atom is -0.495 e. The van der Waals surface area contributed by atoms with Crippen LogP contribution in [0.1, 0.15) is 12.1 Å². The van der Waals surface area contributed by atoms with Crippen LogP contribution in [0, 0.1) is 9.52 Å². The average molecular weight is 303 g/mol. The summed E-state index contributed by atoms with van der Waals surface area (Å²) in [4.78, 5) is 3.38. The summed E-state index contributed by atoms with van der Waals surface area (Å²) in [5.74, 6) is -0.894. The first-order valence-electron chi connectivity index (χ1n) is 3.24. The van der Waals surface area contributed by atoms with Crippen LogP contribution in [0.2, 0.25) is 0 Å². The summed E-state index contributed by atoms with van der Waals surface area (Å²) in [6.07, 6.45) is -2.76. The third-order valence-corrected chi connectivity index (χ3v) is 2.11. The molecule has 0 fully saturated rings. The number of hydrogen-bond donors (Lipinski definition) is 0. The standard InChI is InChI=1S/C7H5F3INO/c1-13-4-2-3(8)7(11)12-5(4)6(9)10/h2,6H,1H3. The molecule has 1 aromatic rings. The van der Waals surface area contributed by atoms with Crippen LogP contribution in [0.25, 0.3) is 0 Å². The predicted octanol–water partition coefficient (Wildman–Crippen LogP) is 2.77. The lowest BCUT2D eigenvalue weighted by Gasteiger charge is -2.07. The van der Waals surface area contributed by atoms with E-state index in [-0.39, 0.29) is 9.45 Å². The number of methoxy groups -OCH3 is 1. The Hall–Kier alpha value is -0.530. The molecule has 0 aliphatic carbocycles. The van der Waals surface area contributed by atoms with Gasteiger partial charge in [0.2, 0.25) is 0 Å². The molecule has 1 heterocycles. The minimum absolute atomic E-state index is 0.0892. The highest BCUT2D eigenvalue weighted by molar-refractivity contribution is 14.1. The van der Waals surface area contributed by atoms with Crippen molar-refractivity contribution >= 4 is 22.6 Å². The molecule has 2 nitrogen and oxygen atoms in total. The summed E-state index contributed by atoms with van der Waals surface area (Å²) < 4.78 is 41.8. The maximum Gasteiger partial charge on any atom is 0.284 e. The van der Waals surface area contributed by atoms with Crippen LogP contribution in [0.3, 0.4) is 0 Å². The van der Waals surface area contributed by atoms with Crippen LogP contribution < -0.4 is 4.74 Å². The van der Waals surface area contributed by atoms with E-state index >= 15 is 0 Å². The van der Waals surface area contributed by atoms with Crippen molar-refractivity contribution < 1.29 is 17.9 Å². The maximum absolute atomic E-state index is 12.8. The van der Waals surface area contributed by atoms with Crippen LogP contribution in [0.5, 0.6) is 5.75 Å². The van der Waals surface area contributed by atoms with E-state index < -0.39 is 17.9 Å². The van der Waals surface area contributed by atoms with Crippen LogP contribution >= 0.6 is 22.6 Å². The minimum atomic E-state index is -2.76. The van der Waals surface area contributed by atoms with Crippen LogP contribution in [0.4, 0.5) is 13.2 Å². The third kappa shape index (κ3) is 2.23. The summed E-state index contributed by atoms with van der Waals surface area (Å²) in [5, 5.41) is 0. The molecule has 0 bridgehead atoms. The lowest BCUT2D eigenvalue weighted by Crippen LogP contribution is -2.00. The molecule has 0 aliphatic rings. The highest BCUT2D eigenvalue weighted by Gasteiger charge is 2.18. The molecule has 0 radical (unpaired) electrons. The van der Waals surface area contributed by atoms with Crippen molar-refractivity contribution in [2.75, 3.05) is 7.11 Å². The fourth-order valence-electron chi connectivity index (χ4n) is 0.783. The van der Waals surface area contributed by atoms with Gasteiger partial charge < -0.3 is 4.74 Å². The summed E-state index contributed by atoms with van der Waals surface area (Å²) in [7, 11) is 1.19. The summed E-state index contributed by atoms with van der Waals surface area (Å²) in [6.45, 7) is 0. The quantitative estimate of drug-likeness (QED) is 0.619. The van der Waals surface area contributed by atoms with Crippen LogP contribution in [-0.2, 0) is 0 Å². The Morgan fingerprint density at radius 3 is 2.62 bits per heavy atom. The van der Waals surface area contributed by atoms with Gasteiger partial charge in [0, 0.05) is 6.07 Å². The Morgan fingerprint density at radius 1 is 1.54 bits per heavy atom. The zero-order valence-electron chi connectivity index (χ0n) is 6.52. The largest absolute Gasteiger partial charge is 0.495 e. The zero-order valence-corrected chi connectivity index (χ0v) is 8.68. The van der Waals surface area contributed by atoms with E-state index in [2.05, 4.69) is 9.72 Å². The first-order chi connectivity index (χ1) is 6.06. The van der Waals surface area contributed by atoms with Gasteiger partial charge in [0.15, 0.2) is 5.82 Å². The van der Waals surface area contributed by atoms with Gasteiger partial charge in [0.1, 0.15) is 15.1 Å². The number of pyridine rings is 1. The van der Waals surface area contributed by atoms with Gasteiger partial charge in [-0.3, -0.25) is 0 Å². The van der Waals surface area contributed by atoms with Crippen molar-refractivity contribution in [1.82, 2.24) is 4.98 Å². The number of nitrogens with zero attached hydrogens (tertiary/aromatic N) is 1. The van der Waals surface area contributed by atoms with Crippen LogP contribution in [0.15, 0.2) is 6.07 Å². The molecule has 0 spiro atoms. The molecule has 0 aliphatic heterocycles. The Kier molecular flexibility index (Phi) is 3.34. The molecule has 0 saturated heterocycles. The molecular formula is C7H5F3INO. The SMILES string of the molecule is COc1cc(F)c(I)nc1C(F)F. The van der Waals surface area contributed by atoms with Crippen molar-refractivity contribution in [3.05, 3.63) is 21.3 Å². The van der Waals surface area contributed by atoms with Crippen molar-refractivity contribution in [1.29, 1.82) is 0 Å². The predicted molar refractivity (Wildman–Crippen MR) is 48.4 cm³/mol. The molecule has 0 N–H and O–H groups in total. The highest BCUT2D eigenvalue weighted by atomic mass is 127. The van der Waals surface area contributed by atoms with Gasteiger partial charge in [-0.15, -0.1) is 0 Å². The van der Waals surface area contributed by atoms with Crippen molar-refractivity contribution in [3.8, 4) is 5.75 Å². The monoisotopic (exact) mass is 303 g/mol. The first kappa shape index (κ1) is 10.6. The van der Waals surface area contributed by atoms with E-state index in [0.29, 0.717) is 0 Å². The molecule has 0 amide bonds. The Morgan fingerprint density at radius 2 is 2.15 bits per heavy atom. The second kappa shape index (κ2) is 4.12. The van der Waals surface area contributed by atoms with Gasteiger partial charge in [0.25, 0.3) is 6.43 Å². The van der Waals surface area contributed by atoms with E-state index in [1.165, 1.54) is 7.11 Å². The topological polar surface area (TPSA) is 22.1 Å². The van der Waals surface area contributed by atoms with E-state index in [1.54, 1.807) is 22.6 Å². The number of halogens is 4. The van der Waals surface area contributed by atoms with E-state index in [0.717, 1.165) is 6.07 Å². The molecule has 72 valence electrons. The van der Waals surface area contributed by atoms with Gasteiger partial charge >= 0.3 is 0 Å². The fourth-order valence-corrected chi connectivity index (χ4v) is 1.20. The molecule has 6 heteroatoms. The lowest BCUT2D eigenvalue weighted by atomic mass is 10.3. The molecule has 13 heavy (non-hydrogen) atoms. The molecule has 0 saturated carbocycles. The van der Waals surface area contributed by atoms with Crippen molar-refractivity contribution in [2.45, 2.75) is 6.43 Å². The normalized spacial score (nSPS) is 10.6. The third-order valence-electron chi connectivity index (χ3n) is 1.35. The second-order valence-corrected chi connectivity index (χ2v) is 3.17. The maximum atomic E-state index is 12.8. The summed E-state index contributed by atoms with van der Waals surface area (Å²) in [6, 6.07) is 0.899. The average Bonchev–Trinajstić information content (AvgIpc) is 2.08. The highest BCUT2D eigenvalue weighted by Crippen LogP contribution is 2.28. The first-order valence-corrected chi connectivity index (χ1v) is 4.32. The van der Waals surface area contributed by atoms with Gasteiger partial charge in [-0.2, -0.15) is 0 Å². The Bertz CT molecular complexity index is 319. The van der Waals surface area contributed by atoms with Gasteiger partial charge in [-0.25, -0.2) is 18.2 Å². The van der Waals surface area contributed by atoms with E-state index in [1.807, 2.05) is 0 Å². The van der Waals surface area contributed by atoms with Gasteiger partial charge in [-0.1, -0.05) is 0 Å². The Labute approximate surface area is 86.3 Å². The Balaban J connectivity index is 3.25.